The summed E-state index contributed by atoms with van der Waals surface area (Å²) in [7, 11) is 1.48. The molecule has 0 bridgehead atoms. The molecule has 2 rings (SSSR count). The molecule has 0 saturated carbocycles. The Balaban J connectivity index is 2.13. The summed E-state index contributed by atoms with van der Waals surface area (Å²) in [6.45, 7) is 1.72. The van der Waals surface area contributed by atoms with Gasteiger partial charge in [-0.15, -0.1) is 10.2 Å². The molecule has 0 aliphatic heterocycles. The van der Waals surface area contributed by atoms with Crippen LogP contribution in [0.5, 0.6) is 11.5 Å². The number of nitrogens with one attached hydrogen (secondary N) is 1. The summed E-state index contributed by atoms with van der Waals surface area (Å²) in [6, 6.07) is 5.09. The minimum absolute atomic E-state index is 0.0148. The Labute approximate surface area is 109 Å². The molecule has 0 aliphatic carbocycles. The summed E-state index contributed by atoms with van der Waals surface area (Å²) in [5, 5.41) is 21.3. The second-order valence-corrected chi connectivity index (χ2v) is 3.71. The van der Waals surface area contributed by atoms with Gasteiger partial charge in [-0.25, -0.2) is 10.1 Å². The minimum Gasteiger partial charge on any atom is -0.504 e. The lowest BCUT2D eigenvalue weighted by Crippen LogP contribution is -2.13. The first-order valence-electron chi connectivity index (χ1n) is 5.45. The van der Waals surface area contributed by atoms with Gasteiger partial charge < -0.3 is 15.7 Å². The molecule has 0 unspecified atom stereocenters. The largest absolute Gasteiger partial charge is 0.504 e. The zero-order valence-electron chi connectivity index (χ0n) is 10.5. The van der Waals surface area contributed by atoms with Crippen molar-refractivity contribution in [1.82, 2.24) is 14.9 Å². The Morgan fingerprint density at radius 3 is 2.89 bits per heavy atom. The molecular weight excluding hydrogens is 248 g/mol. The van der Waals surface area contributed by atoms with Crippen LogP contribution in [0.1, 0.15) is 11.4 Å². The standard InChI is InChI=1S/C11H14N6O2/c1-7-14-16-11(17(7)12)15-13-6-8-4-3-5-9(19-2)10(8)18/h3-6,18H,12H2,1-2H3,(H,15,16)/b13-6-. The molecule has 2 aromatic rings. The third-order valence-electron chi connectivity index (χ3n) is 2.48. The molecule has 0 aliphatic rings. The van der Waals surface area contributed by atoms with Crippen LogP contribution in [0.4, 0.5) is 5.95 Å². The van der Waals surface area contributed by atoms with Crippen molar-refractivity contribution in [1.29, 1.82) is 0 Å². The van der Waals surface area contributed by atoms with Crippen molar-refractivity contribution < 1.29 is 9.84 Å². The molecular formula is C11H14N6O2. The molecule has 8 heteroatoms. The highest BCUT2D eigenvalue weighted by atomic mass is 16.5. The highest BCUT2D eigenvalue weighted by molar-refractivity contribution is 5.85. The van der Waals surface area contributed by atoms with Crippen LogP contribution in [0.2, 0.25) is 0 Å². The molecule has 0 spiro atoms. The van der Waals surface area contributed by atoms with Gasteiger partial charge in [-0.3, -0.25) is 0 Å². The predicted molar refractivity (Wildman–Crippen MR) is 70.8 cm³/mol. The van der Waals surface area contributed by atoms with Crippen molar-refractivity contribution in [2.75, 3.05) is 18.4 Å². The molecule has 1 aromatic heterocycles. The van der Waals surface area contributed by atoms with E-state index in [1.807, 2.05) is 0 Å². The maximum absolute atomic E-state index is 9.84. The molecule has 8 nitrogen and oxygen atoms in total. The Bertz CT molecular complexity index is 607. The van der Waals surface area contributed by atoms with E-state index in [2.05, 4.69) is 20.7 Å². The monoisotopic (exact) mass is 262 g/mol. The summed E-state index contributed by atoms with van der Waals surface area (Å²) in [6.07, 6.45) is 1.43. The van der Waals surface area contributed by atoms with Crippen molar-refractivity contribution >= 4 is 12.2 Å². The minimum atomic E-state index is 0.0148. The summed E-state index contributed by atoms with van der Waals surface area (Å²) < 4.78 is 6.26. The zero-order chi connectivity index (χ0) is 13.8. The van der Waals surface area contributed by atoms with Gasteiger partial charge >= 0.3 is 0 Å². The average Bonchev–Trinajstić information content (AvgIpc) is 2.72. The first kappa shape index (κ1) is 12.7. The summed E-state index contributed by atoms with van der Waals surface area (Å²) in [5.41, 5.74) is 3.13. The molecule has 0 atom stereocenters. The number of nitrogens with two attached hydrogens (primary N) is 1. The molecule has 0 radical (unpaired) electrons. The van der Waals surface area contributed by atoms with E-state index in [0.29, 0.717) is 23.1 Å². The molecule has 0 saturated heterocycles. The number of hydrazone groups is 1. The van der Waals surface area contributed by atoms with Gasteiger partial charge in [0.2, 0.25) is 0 Å². The van der Waals surface area contributed by atoms with Crippen LogP contribution in [0.3, 0.4) is 0 Å². The molecule has 1 heterocycles. The fourth-order valence-corrected chi connectivity index (χ4v) is 1.41. The lowest BCUT2D eigenvalue weighted by Gasteiger charge is -2.05. The first-order valence-corrected chi connectivity index (χ1v) is 5.45. The fraction of sp³-hybridized carbons (Fsp3) is 0.182. The van der Waals surface area contributed by atoms with Crippen LogP contribution < -0.4 is 16.0 Å². The molecule has 4 N–H and O–H groups in total. The number of nitrogens with zero attached hydrogens (tertiary/aromatic N) is 4. The van der Waals surface area contributed by atoms with Crippen LogP contribution >= 0.6 is 0 Å². The van der Waals surface area contributed by atoms with Crippen LogP contribution in [0.25, 0.3) is 0 Å². The summed E-state index contributed by atoms with van der Waals surface area (Å²) >= 11 is 0. The first-order chi connectivity index (χ1) is 9.13. The SMILES string of the molecule is COc1cccc(/C=N\Nc2nnc(C)n2N)c1O. The number of aromatic nitrogens is 3. The predicted octanol–water partition coefficient (Wildman–Crippen LogP) is 0.461. The van der Waals surface area contributed by atoms with E-state index in [9.17, 15) is 5.11 Å². The molecule has 1 aromatic carbocycles. The van der Waals surface area contributed by atoms with E-state index >= 15 is 0 Å². The van der Waals surface area contributed by atoms with E-state index in [1.54, 1.807) is 25.1 Å². The second kappa shape index (κ2) is 5.25. The second-order valence-electron chi connectivity index (χ2n) is 3.71. The van der Waals surface area contributed by atoms with E-state index in [-0.39, 0.29) is 5.75 Å². The highest BCUT2D eigenvalue weighted by Gasteiger charge is 2.06. The van der Waals surface area contributed by atoms with Crippen molar-refractivity contribution in [2.24, 2.45) is 5.10 Å². The smallest absolute Gasteiger partial charge is 0.263 e. The van der Waals surface area contributed by atoms with Gasteiger partial charge in [0.15, 0.2) is 17.3 Å². The lowest BCUT2D eigenvalue weighted by atomic mass is 10.2. The number of rotatable bonds is 4. The van der Waals surface area contributed by atoms with Gasteiger partial charge in [-0.05, 0) is 19.1 Å². The number of aryl methyl sites for hydroxylation is 1. The zero-order valence-corrected chi connectivity index (χ0v) is 10.5. The topological polar surface area (TPSA) is 111 Å². The number of nitrogen functional groups attached to an aromatic ring is 1. The Morgan fingerprint density at radius 2 is 2.26 bits per heavy atom. The van der Waals surface area contributed by atoms with Gasteiger partial charge in [0.1, 0.15) is 0 Å². The number of hydrogen-bond acceptors (Lipinski definition) is 7. The number of hydrogen-bond donors (Lipinski definition) is 3. The van der Waals surface area contributed by atoms with Crippen molar-refractivity contribution in [3.05, 3.63) is 29.6 Å². The van der Waals surface area contributed by atoms with Crippen LogP contribution in [0.15, 0.2) is 23.3 Å². The number of methoxy groups -OCH3 is 1. The normalized spacial score (nSPS) is 10.8. The van der Waals surface area contributed by atoms with Crippen LogP contribution in [0, 0.1) is 6.92 Å². The lowest BCUT2D eigenvalue weighted by molar-refractivity contribution is 0.373. The maximum atomic E-state index is 9.84. The Kier molecular flexibility index (Phi) is 3.51. The van der Waals surface area contributed by atoms with Gasteiger partial charge in [0.25, 0.3) is 5.95 Å². The quantitative estimate of drug-likeness (QED) is 0.419. The van der Waals surface area contributed by atoms with E-state index in [1.165, 1.54) is 18.0 Å². The molecule has 100 valence electrons. The van der Waals surface area contributed by atoms with E-state index in [0.717, 1.165) is 0 Å². The van der Waals surface area contributed by atoms with E-state index in [4.69, 9.17) is 10.6 Å². The number of phenols is 1. The fourth-order valence-electron chi connectivity index (χ4n) is 1.41. The molecule has 19 heavy (non-hydrogen) atoms. The summed E-state index contributed by atoms with van der Waals surface area (Å²) in [5.74, 6) is 6.89. The highest BCUT2D eigenvalue weighted by Crippen LogP contribution is 2.27. The third kappa shape index (κ3) is 2.57. The third-order valence-corrected chi connectivity index (χ3v) is 2.48. The average molecular weight is 262 g/mol. The van der Waals surface area contributed by atoms with E-state index < -0.39 is 0 Å². The Morgan fingerprint density at radius 1 is 1.47 bits per heavy atom. The van der Waals surface area contributed by atoms with Gasteiger partial charge in [-0.2, -0.15) is 5.10 Å². The number of phenolic OH excluding ortho intramolecular Hbond substituents is 1. The molecule has 0 fully saturated rings. The van der Waals surface area contributed by atoms with Crippen molar-refractivity contribution in [3.63, 3.8) is 0 Å². The summed E-state index contributed by atoms with van der Waals surface area (Å²) in [4.78, 5) is 0. The van der Waals surface area contributed by atoms with Gasteiger partial charge in [-0.1, -0.05) is 6.07 Å². The number of para-hydroxylation sites is 1. The van der Waals surface area contributed by atoms with Crippen molar-refractivity contribution in [3.8, 4) is 11.5 Å². The number of ether oxygens (including phenoxy) is 1. The maximum Gasteiger partial charge on any atom is 0.263 e. The van der Waals surface area contributed by atoms with Crippen molar-refractivity contribution in [2.45, 2.75) is 6.92 Å². The van der Waals surface area contributed by atoms with Gasteiger partial charge in [0, 0.05) is 5.56 Å². The van der Waals surface area contributed by atoms with Crippen LogP contribution in [-0.2, 0) is 0 Å². The molecule has 0 amide bonds. The van der Waals surface area contributed by atoms with Gasteiger partial charge in [0.05, 0.1) is 13.3 Å². The number of anilines is 1. The van der Waals surface area contributed by atoms with Crippen LogP contribution in [-0.4, -0.2) is 33.3 Å². The Hall–Kier alpha value is -2.77. The number of benzene rings is 1. The number of aromatic hydroxyl groups is 1.